The van der Waals surface area contributed by atoms with Crippen LogP contribution >= 0.6 is 23.1 Å². The number of rotatable bonds is 6. The van der Waals surface area contributed by atoms with E-state index in [9.17, 15) is 19.2 Å². The second kappa shape index (κ2) is 10.8. The number of carbonyl (C=O) groups is 3. The van der Waals surface area contributed by atoms with E-state index in [-0.39, 0.29) is 70.0 Å². The van der Waals surface area contributed by atoms with E-state index in [0.717, 1.165) is 54.2 Å². The highest BCUT2D eigenvalue weighted by Crippen LogP contribution is 2.68. The number of hydrogen-bond donors (Lipinski definition) is 1. The lowest BCUT2D eigenvalue weighted by atomic mass is 9.68. The predicted octanol–water partition coefficient (Wildman–Crippen LogP) is 4.51. The van der Waals surface area contributed by atoms with Crippen LogP contribution in [-0.2, 0) is 14.4 Å². The lowest BCUT2D eigenvalue weighted by Gasteiger charge is -2.43. The number of aromatic amines is 1. The summed E-state index contributed by atoms with van der Waals surface area (Å²) in [4.78, 5) is 60.5. The van der Waals surface area contributed by atoms with Gasteiger partial charge in [0, 0.05) is 29.1 Å². The number of imide groups is 1. The first-order valence-corrected chi connectivity index (χ1v) is 17.0. The van der Waals surface area contributed by atoms with Gasteiger partial charge in [0.05, 0.1) is 29.7 Å². The Morgan fingerprint density at radius 3 is 2.45 bits per heavy atom. The number of carbonyl (C=O) groups excluding carboxylic acids is 3. The number of aromatic nitrogens is 1. The molecule has 4 fully saturated rings. The summed E-state index contributed by atoms with van der Waals surface area (Å²) in [7, 11) is 1.59. The number of amides is 3. The standard InChI is InChI=1S/C33H33N3O6S2/c1-41-19-10-8-18(9-11-19)36-31(38)26-21-15-22(27(26)32(36)39)28-25(21)24(29-30(43-28)34-33(40)44-29)17-6-5-7-20(14-17)42-16-23(37)35-12-3-2-4-13-35/h5-11,14,21-22,24-28H,2-4,12-13,15-16H2,1H3,(H,34,40)/t21?,22?,24-,25?,26?,27?,28?/m1/s1. The van der Waals surface area contributed by atoms with Gasteiger partial charge in [-0.3, -0.25) is 24.1 Å². The second-order valence-corrected chi connectivity index (χ2v) is 14.7. The van der Waals surface area contributed by atoms with Gasteiger partial charge < -0.3 is 19.4 Å². The Morgan fingerprint density at radius 1 is 0.955 bits per heavy atom. The Morgan fingerprint density at radius 2 is 1.70 bits per heavy atom. The zero-order valence-corrected chi connectivity index (χ0v) is 25.9. The number of anilines is 1. The van der Waals surface area contributed by atoms with Crippen LogP contribution in [0.2, 0.25) is 0 Å². The van der Waals surface area contributed by atoms with Crippen LogP contribution in [0.25, 0.3) is 0 Å². The molecule has 0 spiro atoms. The number of H-pyrrole nitrogens is 1. The molecule has 9 nitrogen and oxygen atoms in total. The Bertz CT molecular complexity index is 1700. The molecule has 44 heavy (non-hydrogen) atoms. The van der Waals surface area contributed by atoms with E-state index >= 15 is 0 Å². The first-order chi connectivity index (χ1) is 21.4. The van der Waals surface area contributed by atoms with Crippen LogP contribution in [0, 0.1) is 29.6 Å². The molecule has 228 valence electrons. The quantitative estimate of drug-likeness (QED) is 0.399. The van der Waals surface area contributed by atoms with E-state index in [1.165, 1.54) is 16.2 Å². The van der Waals surface area contributed by atoms with Gasteiger partial charge in [-0.05, 0) is 85.4 Å². The van der Waals surface area contributed by atoms with Gasteiger partial charge >= 0.3 is 4.87 Å². The molecule has 6 unspecified atom stereocenters. The molecule has 2 bridgehead atoms. The van der Waals surface area contributed by atoms with Crippen LogP contribution in [0.5, 0.6) is 11.5 Å². The van der Waals surface area contributed by atoms with E-state index in [0.29, 0.717) is 17.2 Å². The molecule has 2 aromatic carbocycles. The minimum Gasteiger partial charge on any atom is -0.497 e. The molecule has 3 amide bonds. The summed E-state index contributed by atoms with van der Waals surface area (Å²) < 4.78 is 11.3. The lowest BCUT2D eigenvalue weighted by molar-refractivity contribution is -0.134. The fourth-order valence-electron chi connectivity index (χ4n) is 8.55. The maximum atomic E-state index is 14.0. The normalized spacial score (nSPS) is 30.2. The maximum Gasteiger partial charge on any atom is 0.305 e. The smallest absolute Gasteiger partial charge is 0.305 e. The van der Waals surface area contributed by atoms with E-state index < -0.39 is 0 Å². The number of hydrogen-bond acceptors (Lipinski definition) is 8. The van der Waals surface area contributed by atoms with Crippen LogP contribution in [0.3, 0.4) is 0 Å². The summed E-state index contributed by atoms with van der Waals surface area (Å²) in [6.45, 7) is 1.55. The van der Waals surface area contributed by atoms with Crippen molar-refractivity contribution in [3.05, 3.63) is 68.6 Å². The van der Waals surface area contributed by atoms with Gasteiger partial charge in [0.2, 0.25) is 11.8 Å². The average Bonchev–Trinajstić information content (AvgIpc) is 3.79. The Labute approximate surface area is 262 Å². The Kier molecular flexibility index (Phi) is 6.86. The SMILES string of the molecule is COc1ccc(N2C(=O)C3C4CC(C3C2=O)C2C4Sc3[nH]c(=O)sc3[C@@H]2c2cccc(OCC(=O)N3CCCCC3)c2)cc1. The van der Waals surface area contributed by atoms with Crippen molar-refractivity contribution in [2.45, 2.75) is 41.9 Å². The van der Waals surface area contributed by atoms with Gasteiger partial charge in [-0.1, -0.05) is 23.5 Å². The third-order valence-electron chi connectivity index (χ3n) is 10.3. The second-order valence-electron chi connectivity index (χ2n) is 12.5. The van der Waals surface area contributed by atoms with Gasteiger partial charge in [-0.25, -0.2) is 0 Å². The van der Waals surface area contributed by atoms with E-state index in [1.807, 2.05) is 23.1 Å². The molecule has 7 atom stereocenters. The van der Waals surface area contributed by atoms with Gasteiger partial charge in [0.15, 0.2) is 6.61 Å². The van der Waals surface area contributed by atoms with Gasteiger partial charge in [0.25, 0.3) is 5.91 Å². The Hall–Kier alpha value is -3.57. The topological polar surface area (TPSA) is 109 Å². The van der Waals surface area contributed by atoms with E-state index in [1.54, 1.807) is 43.1 Å². The predicted molar refractivity (Wildman–Crippen MR) is 166 cm³/mol. The van der Waals surface area contributed by atoms with Crippen molar-refractivity contribution in [3.63, 3.8) is 0 Å². The molecule has 8 rings (SSSR count). The number of benzene rings is 2. The number of thiazole rings is 1. The molecule has 2 aliphatic carbocycles. The molecule has 3 aromatic rings. The van der Waals surface area contributed by atoms with Crippen LogP contribution in [0.4, 0.5) is 5.69 Å². The molecule has 1 aromatic heterocycles. The molecular weight excluding hydrogens is 599 g/mol. The van der Waals surface area contributed by atoms with Crippen molar-refractivity contribution in [3.8, 4) is 11.5 Å². The number of thioether (sulfide) groups is 1. The fraction of sp³-hybridized carbons (Fsp3) is 0.455. The molecular formula is C33H33N3O6S2. The molecule has 2 saturated heterocycles. The van der Waals surface area contributed by atoms with Crippen molar-refractivity contribution in [2.75, 3.05) is 31.7 Å². The highest BCUT2D eigenvalue weighted by molar-refractivity contribution is 8.00. The van der Waals surface area contributed by atoms with Crippen LogP contribution < -0.4 is 19.2 Å². The maximum absolute atomic E-state index is 14.0. The van der Waals surface area contributed by atoms with E-state index in [2.05, 4.69) is 11.1 Å². The van der Waals surface area contributed by atoms with Crippen molar-refractivity contribution >= 4 is 46.5 Å². The number of piperidine rings is 1. The average molecular weight is 632 g/mol. The van der Waals surface area contributed by atoms with Gasteiger partial charge in [0.1, 0.15) is 11.5 Å². The summed E-state index contributed by atoms with van der Waals surface area (Å²) in [5, 5.41) is 0.965. The minimum absolute atomic E-state index is 0.000319. The first-order valence-electron chi connectivity index (χ1n) is 15.3. The number of ether oxygens (including phenoxy) is 2. The number of likely N-dealkylation sites (tertiary alicyclic amines) is 1. The summed E-state index contributed by atoms with van der Waals surface area (Å²) in [5.74, 6) is 0.338. The van der Waals surface area contributed by atoms with Gasteiger partial charge in [-0.15, -0.1) is 11.8 Å². The van der Waals surface area contributed by atoms with Crippen molar-refractivity contribution in [1.82, 2.24) is 9.88 Å². The highest BCUT2D eigenvalue weighted by Gasteiger charge is 2.69. The van der Waals surface area contributed by atoms with E-state index in [4.69, 9.17) is 9.47 Å². The zero-order chi connectivity index (χ0) is 30.1. The monoisotopic (exact) mass is 631 g/mol. The van der Waals surface area contributed by atoms with Gasteiger partial charge in [-0.2, -0.15) is 0 Å². The number of nitrogens with zero attached hydrogens (tertiary/aromatic N) is 2. The summed E-state index contributed by atoms with van der Waals surface area (Å²) in [6, 6.07) is 14.9. The summed E-state index contributed by atoms with van der Waals surface area (Å²) in [6.07, 6.45) is 4.04. The van der Waals surface area contributed by atoms with Crippen molar-refractivity contribution < 1.29 is 23.9 Å². The summed E-state index contributed by atoms with van der Waals surface area (Å²) in [5.41, 5.74) is 1.58. The first kappa shape index (κ1) is 27.9. The molecule has 1 N–H and O–H groups in total. The lowest BCUT2D eigenvalue weighted by Crippen LogP contribution is -2.42. The molecule has 4 heterocycles. The number of fused-ring (bicyclic) bond motifs is 9. The van der Waals surface area contributed by atoms with Crippen LogP contribution in [0.1, 0.15) is 42.0 Å². The Balaban J connectivity index is 1.10. The largest absolute Gasteiger partial charge is 0.497 e. The third-order valence-corrected chi connectivity index (χ3v) is 12.9. The number of nitrogens with one attached hydrogen (secondary N) is 1. The highest BCUT2D eigenvalue weighted by atomic mass is 32.2. The molecule has 0 radical (unpaired) electrons. The summed E-state index contributed by atoms with van der Waals surface area (Å²) >= 11 is 2.91. The van der Waals surface area contributed by atoms with Crippen LogP contribution in [-0.4, -0.2) is 59.7 Å². The number of methoxy groups -OCH3 is 1. The van der Waals surface area contributed by atoms with Crippen LogP contribution in [0.15, 0.2) is 58.4 Å². The molecule has 3 aliphatic heterocycles. The minimum atomic E-state index is -0.377. The molecule has 2 saturated carbocycles. The molecule has 11 heteroatoms. The zero-order valence-electron chi connectivity index (χ0n) is 24.3. The molecule has 5 aliphatic rings. The fourth-order valence-corrected chi connectivity index (χ4v) is 11.4. The van der Waals surface area contributed by atoms with Crippen molar-refractivity contribution in [1.29, 1.82) is 0 Å². The van der Waals surface area contributed by atoms with Crippen molar-refractivity contribution in [2.24, 2.45) is 29.6 Å². The third kappa shape index (κ3) is 4.34.